The fraction of sp³-hybridized carbons (Fsp3) is 0.455. The third-order valence-electron chi connectivity index (χ3n) is 2.22. The summed E-state index contributed by atoms with van der Waals surface area (Å²) in [6, 6.07) is 1.98. The van der Waals surface area contributed by atoms with E-state index in [0.29, 0.717) is 11.8 Å². The second-order valence-corrected chi connectivity index (χ2v) is 5.37. The molecule has 1 N–H and O–H groups in total. The summed E-state index contributed by atoms with van der Waals surface area (Å²) >= 11 is 5.04. The van der Waals surface area contributed by atoms with Crippen LogP contribution in [0.25, 0.3) is 10.8 Å². The molecule has 6 heteroatoms. The Hall–Kier alpha value is -0.720. The van der Waals surface area contributed by atoms with Gasteiger partial charge in [-0.05, 0) is 40.3 Å². The molecule has 0 aliphatic carbocycles. The van der Waals surface area contributed by atoms with E-state index in [9.17, 15) is 0 Å². The van der Waals surface area contributed by atoms with Gasteiger partial charge in [0.25, 0.3) is 5.89 Å². The lowest BCUT2D eigenvalue weighted by atomic mass is 10.4. The number of nitrogens with one attached hydrogen (secondary N) is 1. The van der Waals surface area contributed by atoms with Gasteiger partial charge >= 0.3 is 0 Å². The second-order valence-electron chi connectivity index (χ2n) is 3.60. The molecule has 0 amide bonds. The molecular weight excluding hydrogens is 302 g/mol. The number of thiophene rings is 1. The number of aromatic nitrogens is 2. The Balaban J connectivity index is 1.95. The number of hydrogen-bond donors (Lipinski definition) is 1. The quantitative estimate of drug-likeness (QED) is 0.832. The molecule has 2 rings (SSSR count). The topological polar surface area (TPSA) is 51.0 Å². The smallest absolute Gasteiger partial charge is 0.258 e. The maximum absolute atomic E-state index is 5.61. The SMILES string of the molecule is CCCNCCc1nnc(-c2sccc2Br)o1. The van der Waals surface area contributed by atoms with Gasteiger partial charge in [-0.15, -0.1) is 21.5 Å². The molecule has 0 saturated heterocycles. The molecule has 0 spiro atoms. The van der Waals surface area contributed by atoms with Crippen molar-refractivity contribution >= 4 is 27.3 Å². The summed E-state index contributed by atoms with van der Waals surface area (Å²) in [5.41, 5.74) is 0. The Morgan fingerprint density at radius 1 is 1.41 bits per heavy atom. The summed E-state index contributed by atoms with van der Waals surface area (Å²) in [7, 11) is 0. The van der Waals surface area contributed by atoms with Crippen LogP contribution in [-0.4, -0.2) is 23.3 Å². The highest BCUT2D eigenvalue weighted by Gasteiger charge is 2.12. The van der Waals surface area contributed by atoms with Gasteiger partial charge in [0.2, 0.25) is 5.89 Å². The van der Waals surface area contributed by atoms with Crippen molar-refractivity contribution in [3.8, 4) is 10.8 Å². The van der Waals surface area contributed by atoms with Crippen LogP contribution in [0, 0.1) is 0 Å². The summed E-state index contributed by atoms with van der Waals surface area (Å²) in [5.74, 6) is 1.28. The monoisotopic (exact) mass is 315 g/mol. The summed E-state index contributed by atoms with van der Waals surface area (Å²) < 4.78 is 6.61. The van der Waals surface area contributed by atoms with Crippen LogP contribution < -0.4 is 5.32 Å². The van der Waals surface area contributed by atoms with Crippen molar-refractivity contribution in [1.29, 1.82) is 0 Å². The molecule has 0 saturated carbocycles. The van der Waals surface area contributed by atoms with Crippen LogP contribution in [0.5, 0.6) is 0 Å². The first kappa shape index (κ1) is 12.7. The zero-order valence-corrected chi connectivity index (χ0v) is 12.0. The predicted molar refractivity (Wildman–Crippen MR) is 72.2 cm³/mol. The van der Waals surface area contributed by atoms with E-state index >= 15 is 0 Å². The standard InChI is InChI=1S/C11H14BrN3OS/c1-2-5-13-6-3-9-14-15-11(16-9)10-8(12)4-7-17-10/h4,7,13H,2-3,5-6H2,1H3. The van der Waals surface area contributed by atoms with E-state index < -0.39 is 0 Å². The first-order chi connectivity index (χ1) is 8.31. The van der Waals surface area contributed by atoms with Crippen LogP contribution in [0.1, 0.15) is 19.2 Å². The normalized spacial score (nSPS) is 10.9. The highest BCUT2D eigenvalue weighted by atomic mass is 79.9. The van der Waals surface area contributed by atoms with Gasteiger partial charge < -0.3 is 9.73 Å². The van der Waals surface area contributed by atoms with Crippen molar-refractivity contribution in [2.24, 2.45) is 0 Å². The van der Waals surface area contributed by atoms with E-state index in [0.717, 1.165) is 35.3 Å². The molecule has 0 bridgehead atoms. The Bertz CT molecular complexity index is 469. The first-order valence-corrected chi connectivity index (χ1v) is 7.25. The lowest BCUT2D eigenvalue weighted by molar-refractivity contribution is 0.495. The summed E-state index contributed by atoms with van der Waals surface area (Å²) in [6.45, 7) is 4.05. The summed E-state index contributed by atoms with van der Waals surface area (Å²) in [6.07, 6.45) is 1.91. The van der Waals surface area contributed by atoms with Crippen molar-refractivity contribution in [3.63, 3.8) is 0 Å². The predicted octanol–water partition coefficient (Wildman–Crippen LogP) is 3.10. The van der Waals surface area contributed by atoms with Crippen LogP contribution >= 0.6 is 27.3 Å². The van der Waals surface area contributed by atoms with Gasteiger partial charge in [0.15, 0.2) is 0 Å². The van der Waals surface area contributed by atoms with Gasteiger partial charge in [-0.1, -0.05) is 6.92 Å². The van der Waals surface area contributed by atoms with Gasteiger partial charge in [0.1, 0.15) is 4.88 Å². The van der Waals surface area contributed by atoms with Crippen LogP contribution in [0.3, 0.4) is 0 Å². The fourth-order valence-electron chi connectivity index (χ4n) is 1.39. The Morgan fingerprint density at radius 2 is 2.29 bits per heavy atom. The van der Waals surface area contributed by atoms with Crippen LogP contribution in [0.15, 0.2) is 20.3 Å². The molecule has 2 aromatic heterocycles. The van der Waals surface area contributed by atoms with Gasteiger partial charge in [-0.25, -0.2) is 0 Å². The number of hydrogen-bond acceptors (Lipinski definition) is 5. The summed E-state index contributed by atoms with van der Waals surface area (Å²) in [4.78, 5) is 0.991. The maximum Gasteiger partial charge on any atom is 0.258 e. The summed E-state index contributed by atoms with van der Waals surface area (Å²) in [5, 5.41) is 13.4. The first-order valence-electron chi connectivity index (χ1n) is 5.57. The Morgan fingerprint density at radius 3 is 3.00 bits per heavy atom. The zero-order valence-electron chi connectivity index (χ0n) is 9.57. The van der Waals surface area contributed by atoms with Crippen molar-refractivity contribution < 1.29 is 4.42 Å². The largest absolute Gasteiger partial charge is 0.420 e. The van der Waals surface area contributed by atoms with E-state index in [4.69, 9.17) is 4.42 Å². The Kier molecular flexibility index (Phi) is 4.70. The molecule has 92 valence electrons. The Labute approximate surface area is 113 Å². The van der Waals surface area contributed by atoms with Crippen LogP contribution in [-0.2, 0) is 6.42 Å². The average molecular weight is 316 g/mol. The van der Waals surface area contributed by atoms with E-state index in [1.165, 1.54) is 0 Å². The average Bonchev–Trinajstić information content (AvgIpc) is 2.93. The van der Waals surface area contributed by atoms with E-state index in [1.54, 1.807) is 11.3 Å². The van der Waals surface area contributed by atoms with Gasteiger partial charge in [0.05, 0.1) is 0 Å². The van der Waals surface area contributed by atoms with Gasteiger partial charge in [-0.3, -0.25) is 0 Å². The molecule has 2 aromatic rings. The molecule has 4 nitrogen and oxygen atoms in total. The van der Waals surface area contributed by atoms with E-state index in [1.807, 2.05) is 11.4 Å². The highest BCUT2D eigenvalue weighted by molar-refractivity contribution is 9.10. The highest BCUT2D eigenvalue weighted by Crippen LogP contribution is 2.32. The molecule has 0 aliphatic heterocycles. The lowest BCUT2D eigenvalue weighted by Crippen LogP contribution is -2.17. The van der Waals surface area contributed by atoms with Crippen molar-refractivity contribution in [3.05, 3.63) is 21.8 Å². The van der Waals surface area contributed by atoms with E-state index in [-0.39, 0.29) is 0 Å². The molecule has 0 aliphatic rings. The molecule has 0 fully saturated rings. The minimum Gasteiger partial charge on any atom is -0.420 e. The maximum atomic E-state index is 5.61. The molecule has 0 radical (unpaired) electrons. The number of rotatable bonds is 6. The van der Waals surface area contributed by atoms with Crippen molar-refractivity contribution in [2.45, 2.75) is 19.8 Å². The molecule has 17 heavy (non-hydrogen) atoms. The zero-order chi connectivity index (χ0) is 12.1. The minimum atomic E-state index is 0.595. The molecule has 2 heterocycles. The van der Waals surface area contributed by atoms with Crippen molar-refractivity contribution in [1.82, 2.24) is 15.5 Å². The van der Waals surface area contributed by atoms with Crippen LogP contribution in [0.2, 0.25) is 0 Å². The van der Waals surface area contributed by atoms with Gasteiger partial charge in [-0.2, -0.15) is 0 Å². The second kappa shape index (κ2) is 6.28. The lowest BCUT2D eigenvalue weighted by Gasteiger charge is -1.98. The minimum absolute atomic E-state index is 0.595. The third kappa shape index (κ3) is 3.37. The van der Waals surface area contributed by atoms with Crippen molar-refractivity contribution in [2.75, 3.05) is 13.1 Å². The molecule has 0 aromatic carbocycles. The number of nitrogens with zero attached hydrogens (tertiary/aromatic N) is 2. The number of halogens is 1. The van der Waals surface area contributed by atoms with Gasteiger partial charge in [0, 0.05) is 17.4 Å². The fourth-order valence-corrected chi connectivity index (χ4v) is 2.85. The molecule has 0 atom stereocenters. The van der Waals surface area contributed by atoms with Crippen LogP contribution in [0.4, 0.5) is 0 Å². The molecular formula is C11H14BrN3OS. The third-order valence-corrected chi connectivity index (χ3v) is 4.05. The molecule has 0 unspecified atom stereocenters. The van der Waals surface area contributed by atoms with E-state index in [2.05, 4.69) is 38.4 Å².